The van der Waals surface area contributed by atoms with Gasteiger partial charge in [-0.15, -0.1) is 0 Å². The third-order valence-electron chi connectivity index (χ3n) is 0.999. The molecule has 1 atom stereocenters. The molecule has 0 spiro atoms. The summed E-state index contributed by atoms with van der Waals surface area (Å²) in [6.07, 6.45) is 1.94. The fourth-order valence-electron chi connectivity index (χ4n) is 0.499. The number of alkyl halides is 1. The molecule has 0 aromatic carbocycles. The number of halogens is 1. The molecule has 0 aromatic heterocycles. The van der Waals surface area contributed by atoms with Crippen LogP contribution in [0.15, 0.2) is 0 Å². The van der Waals surface area contributed by atoms with Crippen LogP contribution < -0.4 is 0 Å². The molecule has 0 N–H and O–H groups in total. The van der Waals surface area contributed by atoms with E-state index in [2.05, 4.69) is 34.3 Å². The number of rotatable bonds is 3. The fraction of sp³-hybridized carbons (Fsp3) is 0.833. The van der Waals surface area contributed by atoms with Gasteiger partial charge in [0.1, 0.15) is 3.92 Å². The molecule has 0 aliphatic heterocycles. The Kier molecular flexibility index (Phi) is 5.13. The summed E-state index contributed by atoms with van der Waals surface area (Å²) in [7, 11) is 1.42. The molecule has 0 aromatic rings. The Labute approximate surface area is 69.1 Å². The van der Waals surface area contributed by atoms with E-state index in [0.717, 1.165) is 12.8 Å². The summed E-state index contributed by atoms with van der Waals surface area (Å²) < 4.78 is 4.56. The lowest BCUT2D eigenvalue weighted by molar-refractivity contribution is -0.139. The van der Waals surface area contributed by atoms with E-state index in [9.17, 15) is 4.79 Å². The molecule has 9 heavy (non-hydrogen) atoms. The fourth-order valence-corrected chi connectivity index (χ4v) is 1.38. The van der Waals surface area contributed by atoms with Crippen LogP contribution in [0, 0.1) is 0 Å². The lowest BCUT2D eigenvalue weighted by Gasteiger charge is -2.03. The minimum atomic E-state index is -0.113. The van der Waals surface area contributed by atoms with Crippen LogP contribution in [0.2, 0.25) is 0 Å². The summed E-state index contributed by atoms with van der Waals surface area (Å²) in [5.41, 5.74) is 0. The van der Waals surface area contributed by atoms with Gasteiger partial charge in [-0.2, -0.15) is 0 Å². The highest BCUT2D eigenvalue weighted by Crippen LogP contribution is 2.09. The Hall–Kier alpha value is 0.200. The first-order valence-corrected chi connectivity index (χ1v) is 4.18. The van der Waals surface area contributed by atoms with Crippen LogP contribution in [0.25, 0.3) is 0 Å². The van der Waals surface area contributed by atoms with E-state index >= 15 is 0 Å². The first-order valence-electron chi connectivity index (χ1n) is 2.94. The van der Waals surface area contributed by atoms with E-state index in [1.165, 1.54) is 7.11 Å². The first-order chi connectivity index (χ1) is 4.22. The molecule has 3 heteroatoms. The largest absolute Gasteiger partial charge is 0.468 e. The number of ether oxygens (including phenoxy) is 1. The zero-order chi connectivity index (χ0) is 7.28. The molecule has 1 unspecified atom stereocenters. The van der Waals surface area contributed by atoms with E-state index in [1.54, 1.807) is 0 Å². The van der Waals surface area contributed by atoms with Gasteiger partial charge in [-0.05, 0) is 6.42 Å². The van der Waals surface area contributed by atoms with Gasteiger partial charge in [-0.25, -0.2) is 0 Å². The van der Waals surface area contributed by atoms with Crippen LogP contribution in [0.5, 0.6) is 0 Å². The van der Waals surface area contributed by atoms with E-state index in [1.807, 2.05) is 0 Å². The molecule has 0 rings (SSSR count). The van der Waals surface area contributed by atoms with E-state index in [4.69, 9.17) is 0 Å². The standard InChI is InChI=1S/C6H11IO2/c1-3-4-5(7)6(8)9-2/h5H,3-4H2,1-2H3. The normalized spacial score (nSPS) is 12.8. The van der Waals surface area contributed by atoms with Gasteiger partial charge >= 0.3 is 5.97 Å². The maximum Gasteiger partial charge on any atom is 0.318 e. The van der Waals surface area contributed by atoms with Crippen LogP contribution in [0.4, 0.5) is 0 Å². The summed E-state index contributed by atoms with van der Waals surface area (Å²) >= 11 is 2.09. The number of carbonyl (C=O) groups excluding carboxylic acids is 1. The highest BCUT2D eigenvalue weighted by atomic mass is 127. The molecule has 0 radical (unpaired) electrons. The predicted molar refractivity (Wildman–Crippen MR) is 44.7 cm³/mol. The Bertz CT molecular complexity index is 93.1. The van der Waals surface area contributed by atoms with Crippen molar-refractivity contribution in [2.45, 2.75) is 23.7 Å². The average molecular weight is 242 g/mol. The number of hydrogen-bond donors (Lipinski definition) is 0. The minimum absolute atomic E-state index is 0.0394. The van der Waals surface area contributed by atoms with E-state index in [0.29, 0.717) is 0 Å². The smallest absolute Gasteiger partial charge is 0.318 e. The highest BCUT2D eigenvalue weighted by molar-refractivity contribution is 14.1. The van der Waals surface area contributed by atoms with Gasteiger partial charge in [0, 0.05) is 0 Å². The molecule has 2 nitrogen and oxygen atoms in total. The van der Waals surface area contributed by atoms with Crippen molar-refractivity contribution < 1.29 is 9.53 Å². The average Bonchev–Trinajstić information content (AvgIpc) is 1.87. The van der Waals surface area contributed by atoms with Crippen molar-refractivity contribution in [3.05, 3.63) is 0 Å². The van der Waals surface area contributed by atoms with E-state index < -0.39 is 0 Å². The zero-order valence-corrected chi connectivity index (χ0v) is 7.84. The monoisotopic (exact) mass is 242 g/mol. The van der Waals surface area contributed by atoms with E-state index in [-0.39, 0.29) is 9.89 Å². The van der Waals surface area contributed by atoms with Gasteiger partial charge in [-0.1, -0.05) is 35.9 Å². The van der Waals surface area contributed by atoms with Gasteiger partial charge in [-0.3, -0.25) is 4.79 Å². The summed E-state index contributed by atoms with van der Waals surface area (Å²) in [6.45, 7) is 2.05. The number of methoxy groups -OCH3 is 1. The molecule has 0 bridgehead atoms. The van der Waals surface area contributed by atoms with Crippen LogP contribution in [0.3, 0.4) is 0 Å². The van der Waals surface area contributed by atoms with Crippen molar-refractivity contribution in [3.8, 4) is 0 Å². The van der Waals surface area contributed by atoms with Crippen LogP contribution in [-0.4, -0.2) is 17.0 Å². The summed E-state index contributed by atoms with van der Waals surface area (Å²) in [5.74, 6) is -0.113. The van der Waals surface area contributed by atoms with Crippen molar-refractivity contribution in [1.82, 2.24) is 0 Å². The van der Waals surface area contributed by atoms with Gasteiger partial charge in [0.05, 0.1) is 7.11 Å². The molecular weight excluding hydrogens is 231 g/mol. The molecule has 54 valence electrons. The van der Waals surface area contributed by atoms with Crippen molar-refractivity contribution in [1.29, 1.82) is 0 Å². The summed E-state index contributed by atoms with van der Waals surface area (Å²) in [5, 5.41) is 0. The Morgan fingerprint density at radius 3 is 2.67 bits per heavy atom. The molecule has 0 fully saturated rings. The number of esters is 1. The van der Waals surface area contributed by atoms with Gasteiger partial charge in [0.2, 0.25) is 0 Å². The Morgan fingerprint density at radius 2 is 2.33 bits per heavy atom. The molecule has 0 saturated carbocycles. The van der Waals surface area contributed by atoms with Crippen LogP contribution in [0.1, 0.15) is 19.8 Å². The summed E-state index contributed by atoms with van der Waals surface area (Å²) in [4.78, 5) is 10.7. The molecule has 0 aliphatic carbocycles. The van der Waals surface area contributed by atoms with Crippen molar-refractivity contribution in [2.75, 3.05) is 7.11 Å². The first kappa shape index (κ1) is 9.20. The maximum atomic E-state index is 10.7. The third-order valence-corrected chi connectivity index (χ3v) is 2.13. The molecule has 0 amide bonds. The van der Waals surface area contributed by atoms with Gasteiger partial charge in [0.25, 0.3) is 0 Å². The van der Waals surface area contributed by atoms with Crippen LogP contribution in [-0.2, 0) is 9.53 Å². The minimum Gasteiger partial charge on any atom is -0.468 e. The predicted octanol–water partition coefficient (Wildman–Crippen LogP) is 1.76. The van der Waals surface area contributed by atoms with Crippen molar-refractivity contribution in [3.63, 3.8) is 0 Å². The molecule has 0 saturated heterocycles. The highest BCUT2D eigenvalue weighted by Gasteiger charge is 2.12. The summed E-state index contributed by atoms with van der Waals surface area (Å²) in [6, 6.07) is 0. The second kappa shape index (κ2) is 5.02. The Morgan fingerprint density at radius 1 is 1.78 bits per heavy atom. The topological polar surface area (TPSA) is 26.3 Å². The SMILES string of the molecule is CCCC(I)C(=O)OC. The Balaban J connectivity index is 3.45. The second-order valence-corrected chi connectivity index (χ2v) is 3.28. The third kappa shape index (κ3) is 3.72. The van der Waals surface area contributed by atoms with Crippen LogP contribution >= 0.6 is 22.6 Å². The number of carbonyl (C=O) groups is 1. The maximum absolute atomic E-state index is 10.7. The van der Waals surface area contributed by atoms with Gasteiger partial charge in [0.15, 0.2) is 0 Å². The quantitative estimate of drug-likeness (QED) is 0.428. The number of hydrogen-bond acceptors (Lipinski definition) is 2. The van der Waals surface area contributed by atoms with Crippen molar-refractivity contribution in [2.24, 2.45) is 0 Å². The molecular formula is C6H11IO2. The molecule has 0 heterocycles. The zero-order valence-electron chi connectivity index (χ0n) is 5.69. The second-order valence-electron chi connectivity index (χ2n) is 1.78. The van der Waals surface area contributed by atoms with Gasteiger partial charge < -0.3 is 4.74 Å². The molecule has 0 aliphatic rings. The van der Waals surface area contributed by atoms with Crippen molar-refractivity contribution >= 4 is 28.6 Å². The lowest BCUT2D eigenvalue weighted by Crippen LogP contribution is -2.14. The lowest BCUT2D eigenvalue weighted by atomic mass is 10.2.